The summed E-state index contributed by atoms with van der Waals surface area (Å²) >= 11 is 5.23. The van der Waals surface area contributed by atoms with Crippen molar-refractivity contribution in [3.05, 3.63) is 28.6 Å². The summed E-state index contributed by atoms with van der Waals surface area (Å²) in [6.45, 7) is 0. The molecule has 0 bridgehead atoms. The largest absolute Gasteiger partial charge is 0.416 e. The zero-order valence-electron chi connectivity index (χ0n) is 8.02. The Hall–Kier alpha value is -1.42. The van der Waals surface area contributed by atoms with E-state index < -0.39 is 41.0 Å². The quantitative estimate of drug-likeness (QED) is 0.607. The molecule has 0 saturated carbocycles. The lowest BCUT2D eigenvalue weighted by molar-refractivity contribution is -0.138. The Kier molecular flexibility index (Phi) is 3.88. The van der Waals surface area contributed by atoms with Gasteiger partial charge in [-0.1, -0.05) is 0 Å². The second kappa shape index (κ2) is 4.84. The molecule has 0 aromatic carbocycles. The highest BCUT2D eigenvalue weighted by atomic mass is 35.5. The van der Waals surface area contributed by atoms with Crippen molar-refractivity contribution in [2.45, 2.75) is 18.5 Å². The van der Waals surface area contributed by atoms with Gasteiger partial charge in [0.15, 0.2) is 0 Å². The van der Waals surface area contributed by atoms with E-state index in [1.165, 1.54) is 6.07 Å². The Bertz CT molecular complexity index is 464. The minimum Gasteiger partial charge on any atom is -0.236 e. The zero-order valence-corrected chi connectivity index (χ0v) is 8.78. The molecule has 0 N–H and O–H groups in total. The van der Waals surface area contributed by atoms with E-state index in [0.29, 0.717) is 6.07 Å². The fraction of sp³-hybridized carbons (Fsp3) is 0.333. The van der Waals surface area contributed by atoms with E-state index >= 15 is 0 Å². The molecule has 0 aliphatic heterocycles. The van der Waals surface area contributed by atoms with E-state index in [9.17, 15) is 22.0 Å². The highest BCUT2D eigenvalue weighted by Gasteiger charge is 2.36. The van der Waals surface area contributed by atoms with Gasteiger partial charge in [-0.25, -0.2) is 13.8 Å². The zero-order chi connectivity index (χ0) is 13.2. The Labute approximate surface area is 97.6 Å². The van der Waals surface area contributed by atoms with Gasteiger partial charge in [0.25, 0.3) is 6.43 Å². The van der Waals surface area contributed by atoms with Crippen molar-refractivity contribution in [1.82, 2.24) is 4.98 Å². The maximum Gasteiger partial charge on any atom is 0.416 e. The number of nitrogens with zero attached hydrogens (tertiary/aromatic N) is 2. The van der Waals surface area contributed by atoms with Crippen LogP contribution >= 0.6 is 11.6 Å². The second-order valence-electron chi connectivity index (χ2n) is 2.96. The number of alkyl halides is 6. The number of hydrogen-bond acceptors (Lipinski definition) is 2. The lowest BCUT2D eigenvalue weighted by atomic mass is 10.1. The first-order valence-electron chi connectivity index (χ1n) is 4.16. The van der Waals surface area contributed by atoms with Crippen LogP contribution in [0.1, 0.15) is 28.9 Å². The van der Waals surface area contributed by atoms with Gasteiger partial charge in [0.2, 0.25) is 0 Å². The van der Waals surface area contributed by atoms with Crippen LogP contribution in [-0.4, -0.2) is 4.98 Å². The molecule has 8 heteroatoms. The summed E-state index contributed by atoms with van der Waals surface area (Å²) in [6, 6.07) is 1.70. The van der Waals surface area contributed by atoms with Crippen molar-refractivity contribution < 1.29 is 22.0 Å². The van der Waals surface area contributed by atoms with Crippen LogP contribution in [0, 0.1) is 11.3 Å². The molecule has 0 atom stereocenters. The first-order chi connectivity index (χ1) is 7.81. The van der Waals surface area contributed by atoms with Crippen LogP contribution < -0.4 is 0 Å². The molecule has 2 nitrogen and oxygen atoms in total. The molecule has 0 unspecified atom stereocenters. The summed E-state index contributed by atoms with van der Waals surface area (Å²) in [5, 5.41) is 8.44. The van der Waals surface area contributed by atoms with Crippen LogP contribution in [0.3, 0.4) is 0 Å². The molecular formula is C9H4ClF5N2. The predicted molar refractivity (Wildman–Crippen MR) is 48.5 cm³/mol. The second-order valence-corrected chi connectivity index (χ2v) is 3.23. The smallest absolute Gasteiger partial charge is 0.236 e. The molecule has 0 radical (unpaired) electrons. The number of halogens is 6. The van der Waals surface area contributed by atoms with Crippen molar-refractivity contribution >= 4 is 11.6 Å². The van der Waals surface area contributed by atoms with Crippen molar-refractivity contribution in [3.8, 4) is 6.07 Å². The Morgan fingerprint density at radius 2 is 2.00 bits per heavy atom. The first kappa shape index (κ1) is 13.6. The van der Waals surface area contributed by atoms with Gasteiger partial charge in [0.05, 0.1) is 5.56 Å². The number of hydrogen-bond donors (Lipinski definition) is 0. The Morgan fingerprint density at radius 1 is 1.41 bits per heavy atom. The normalized spacial score (nSPS) is 11.6. The average Bonchev–Trinajstić information content (AvgIpc) is 2.25. The number of rotatable bonds is 2. The summed E-state index contributed by atoms with van der Waals surface area (Å²) in [5.74, 6) is -0.757. The van der Waals surface area contributed by atoms with Crippen molar-refractivity contribution in [1.29, 1.82) is 5.26 Å². The third-order valence-corrected chi connectivity index (χ3v) is 2.18. The minimum absolute atomic E-state index is 0.406. The maximum absolute atomic E-state index is 12.6. The SMILES string of the molecule is N#Cc1cc(C(F)(F)F)c(CCl)c(C(F)F)n1. The number of aromatic nitrogens is 1. The molecule has 92 valence electrons. The van der Waals surface area contributed by atoms with Crippen molar-refractivity contribution in [2.24, 2.45) is 0 Å². The molecule has 0 spiro atoms. The average molecular weight is 271 g/mol. The third-order valence-electron chi connectivity index (χ3n) is 1.92. The molecule has 1 aromatic rings. The molecule has 17 heavy (non-hydrogen) atoms. The molecule has 0 aliphatic carbocycles. The summed E-state index contributed by atoms with van der Waals surface area (Å²) in [5.41, 5.74) is -3.98. The van der Waals surface area contributed by atoms with E-state index in [0.717, 1.165) is 0 Å². The van der Waals surface area contributed by atoms with Gasteiger partial charge >= 0.3 is 6.18 Å². The Balaban J connectivity index is 3.58. The standard InChI is InChI=1S/C9H4ClF5N2/c10-2-5-6(9(13,14)15)1-4(3-16)17-7(5)8(11)12/h1,8H,2H2. The Morgan fingerprint density at radius 3 is 2.35 bits per heavy atom. The summed E-state index contributed by atoms with van der Waals surface area (Å²) in [7, 11) is 0. The fourth-order valence-corrected chi connectivity index (χ4v) is 1.50. The van der Waals surface area contributed by atoms with Gasteiger partial charge in [0, 0.05) is 11.4 Å². The van der Waals surface area contributed by atoms with Gasteiger partial charge in [-0.05, 0) is 6.07 Å². The van der Waals surface area contributed by atoms with E-state index in [1.54, 1.807) is 0 Å². The van der Waals surface area contributed by atoms with Crippen molar-refractivity contribution in [2.75, 3.05) is 0 Å². The van der Waals surface area contributed by atoms with Crippen LogP contribution in [0.4, 0.5) is 22.0 Å². The molecule has 0 amide bonds. The monoisotopic (exact) mass is 270 g/mol. The summed E-state index contributed by atoms with van der Waals surface area (Å²) in [6.07, 6.45) is -8.08. The van der Waals surface area contributed by atoms with Gasteiger partial charge in [-0.15, -0.1) is 11.6 Å². The maximum atomic E-state index is 12.6. The molecule has 0 fully saturated rings. The fourth-order valence-electron chi connectivity index (χ4n) is 1.22. The van der Waals surface area contributed by atoms with Crippen LogP contribution in [0.15, 0.2) is 6.07 Å². The van der Waals surface area contributed by atoms with Gasteiger partial charge in [-0.3, -0.25) is 0 Å². The molecule has 1 rings (SSSR count). The highest BCUT2D eigenvalue weighted by molar-refractivity contribution is 6.17. The van der Waals surface area contributed by atoms with E-state index in [2.05, 4.69) is 4.98 Å². The minimum atomic E-state index is -4.86. The lowest BCUT2D eigenvalue weighted by Crippen LogP contribution is -2.13. The number of nitriles is 1. The molecule has 0 aliphatic rings. The molecule has 0 saturated heterocycles. The summed E-state index contributed by atoms with van der Waals surface area (Å²) < 4.78 is 62.7. The van der Waals surface area contributed by atoms with E-state index in [4.69, 9.17) is 16.9 Å². The van der Waals surface area contributed by atoms with Gasteiger partial charge in [-0.2, -0.15) is 18.4 Å². The highest BCUT2D eigenvalue weighted by Crippen LogP contribution is 2.36. The first-order valence-corrected chi connectivity index (χ1v) is 4.70. The lowest BCUT2D eigenvalue weighted by Gasteiger charge is -2.14. The van der Waals surface area contributed by atoms with Gasteiger partial charge in [0.1, 0.15) is 17.5 Å². The van der Waals surface area contributed by atoms with Crippen LogP contribution in [-0.2, 0) is 12.1 Å². The van der Waals surface area contributed by atoms with Crippen molar-refractivity contribution in [3.63, 3.8) is 0 Å². The van der Waals surface area contributed by atoms with E-state index in [-0.39, 0.29) is 0 Å². The molecule has 1 aromatic heterocycles. The van der Waals surface area contributed by atoms with Crippen LogP contribution in [0.5, 0.6) is 0 Å². The van der Waals surface area contributed by atoms with Gasteiger partial charge < -0.3 is 0 Å². The van der Waals surface area contributed by atoms with Crippen LogP contribution in [0.25, 0.3) is 0 Å². The predicted octanol–water partition coefficient (Wildman–Crippen LogP) is 3.65. The molecular weight excluding hydrogens is 267 g/mol. The van der Waals surface area contributed by atoms with Crippen LogP contribution in [0.2, 0.25) is 0 Å². The topological polar surface area (TPSA) is 36.7 Å². The number of pyridine rings is 1. The molecule has 1 heterocycles. The summed E-state index contributed by atoms with van der Waals surface area (Å²) in [4.78, 5) is 3.14. The third kappa shape index (κ3) is 2.82. The van der Waals surface area contributed by atoms with E-state index in [1.807, 2.05) is 0 Å².